The first-order valence-electron chi connectivity index (χ1n) is 13.9. The van der Waals surface area contributed by atoms with Crippen molar-refractivity contribution in [1.82, 2.24) is 0 Å². The van der Waals surface area contributed by atoms with Gasteiger partial charge in [-0.15, -0.1) is 10.2 Å². The summed E-state index contributed by atoms with van der Waals surface area (Å²) in [7, 11) is -2.98. The summed E-state index contributed by atoms with van der Waals surface area (Å²) in [6.45, 7) is 1.39. The molecule has 0 aliphatic heterocycles. The maximum absolute atomic E-state index is 13.3. The van der Waals surface area contributed by atoms with Crippen LogP contribution in [0.25, 0.3) is 10.8 Å². The molecule has 5 N–H and O–H groups in total. The van der Waals surface area contributed by atoms with Crippen LogP contribution in [0.5, 0.6) is 11.5 Å². The molecule has 0 saturated carbocycles. The van der Waals surface area contributed by atoms with Crippen LogP contribution in [-0.4, -0.2) is 42.9 Å². The third-order valence-electron chi connectivity index (χ3n) is 6.81. The number of nitrogens with one attached hydrogen (secondary N) is 3. The zero-order valence-electron chi connectivity index (χ0n) is 24.9. The van der Waals surface area contributed by atoms with Crippen LogP contribution in [0.1, 0.15) is 27.6 Å². The van der Waals surface area contributed by atoms with Crippen LogP contribution in [0.15, 0.2) is 112 Å². The van der Waals surface area contributed by atoms with Crippen LogP contribution in [0.2, 0.25) is 0 Å². The normalized spacial score (nSPS) is 11.3. The predicted molar refractivity (Wildman–Crippen MR) is 176 cm³/mol. The van der Waals surface area contributed by atoms with E-state index in [2.05, 4.69) is 26.2 Å². The molecule has 13 nitrogen and oxygen atoms in total. The Bertz CT molecular complexity index is 2150. The standard InChI is InChI=1S/C33H27N5O8S/c1-19(39)34-22-8-10-23(11-9-22)36-33(42)27-17-20-5-3-4-6-26(20)30(31(27)40)38-37-28-18-21(7-16-29(28)46-2)32(41)35-24-12-14-25(15-13-24)47(43,44)45/h3-18,40H,1-2H3,(H,34,39)(H,35,41)(H,36,42)(H,43,44,45). The van der Waals surface area contributed by atoms with Crippen molar-refractivity contribution in [2.75, 3.05) is 23.1 Å². The van der Waals surface area contributed by atoms with Crippen molar-refractivity contribution in [3.8, 4) is 11.5 Å². The molecule has 47 heavy (non-hydrogen) atoms. The van der Waals surface area contributed by atoms with Crippen LogP contribution in [0.3, 0.4) is 0 Å². The molecule has 0 heterocycles. The van der Waals surface area contributed by atoms with Crippen LogP contribution in [-0.2, 0) is 14.9 Å². The Morgan fingerprint density at radius 2 is 1.34 bits per heavy atom. The number of rotatable bonds is 9. The molecule has 0 saturated heterocycles. The molecule has 5 aromatic carbocycles. The van der Waals surface area contributed by atoms with Gasteiger partial charge in [0.05, 0.1) is 17.6 Å². The van der Waals surface area contributed by atoms with Crippen molar-refractivity contribution in [3.05, 3.63) is 108 Å². The highest BCUT2D eigenvalue weighted by molar-refractivity contribution is 7.85. The first-order chi connectivity index (χ1) is 22.4. The Morgan fingerprint density at radius 1 is 0.745 bits per heavy atom. The third kappa shape index (κ3) is 7.58. The van der Waals surface area contributed by atoms with E-state index in [1.807, 2.05) is 0 Å². The second-order valence-electron chi connectivity index (χ2n) is 10.1. The largest absolute Gasteiger partial charge is 0.505 e. The van der Waals surface area contributed by atoms with Gasteiger partial charge in [0.15, 0.2) is 5.75 Å². The molecular formula is C33H27N5O8S. The average molecular weight is 654 g/mol. The molecule has 0 bridgehead atoms. The number of benzene rings is 5. The van der Waals surface area contributed by atoms with E-state index in [9.17, 15) is 27.9 Å². The van der Waals surface area contributed by atoms with Gasteiger partial charge in [0.1, 0.15) is 17.1 Å². The lowest BCUT2D eigenvalue weighted by Crippen LogP contribution is -2.12. The summed E-state index contributed by atoms with van der Waals surface area (Å²) < 4.78 is 37.2. The monoisotopic (exact) mass is 653 g/mol. The SMILES string of the molecule is COc1ccc(C(=O)Nc2ccc(S(=O)(=O)O)cc2)cc1N=Nc1c(O)c(C(=O)Nc2ccc(NC(C)=O)cc2)cc2ccccc12. The first-order valence-corrected chi connectivity index (χ1v) is 15.3. The number of fused-ring (bicyclic) bond motifs is 1. The van der Waals surface area contributed by atoms with Crippen LogP contribution in [0.4, 0.5) is 28.4 Å². The Morgan fingerprint density at radius 3 is 1.96 bits per heavy atom. The Labute approximate surface area is 268 Å². The minimum atomic E-state index is -4.39. The number of phenols is 1. The van der Waals surface area contributed by atoms with Crippen molar-refractivity contribution < 1.29 is 37.2 Å². The molecular weight excluding hydrogens is 626 g/mol. The summed E-state index contributed by atoms with van der Waals surface area (Å²) in [6, 6.07) is 24.3. The van der Waals surface area contributed by atoms with Gasteiger partial charge in [0, 0.05) is 34.9 Å². The molecule has 0 atom stereocenters. The van der Waals surface area contributed by atoms with E-state index in [-0.39, 0.29) is 44.7 Å². The van der Waals surface area contributed by atoms with Crippen LogP contribution in [0, 0.1) is 0 Å². The molecule has 0 aliphatic carbocycles. The minimum absolute atomic E-state index is 0.00471. The average Bonchev–Trinajstić information content (AvgIpc) is 3.04. The zero-order chi connectivity index (χ0) is 33.7. The zero-order valence-corrected chi connectivity index (χ0v) is 25.7. The number of hydrogen-bond acceptors (Lipinski definition) is 9. The van der Waals surface area contributed by atoms with Crippen LogP contribution >= 0.6 is 0 Å². The molecule has 0 aromatic heterocycles. The van der Waals surface area contributed by atoms with E-state index in [1.54, 1.807) is 48.5 Å². The number of nitrogens with zero attached hydrogens (tertiary/aromatic N) is 2. The van der Waals surface area contributed by atoms with Gasteiger partial charge in [-0.3, -0.25) is 18.9 Å². The number of methoxy groups -OCH3 is 1. The maximum Gasteiger partial charge on any atom is 0.294 e. The van der Waals surface area contributed by atoms with Gasteiger partial charge >= 0.3 is 0 Å². The molecule has 5 rings (SSSR count). The van der Waals surface area contributed by atoms with E-state index < -0.39 is 27.7 Å². The molecule has 0 spiro atoms. The lowest BCUT2D eigenvalue weighted by molar-refractivity contribution is -0.114. The molecule has 3 amide bonds. The van der Waals surface area contributed by atoms with E-state index in [1.165, 1.54) is 50.4 Å². The number of aromatic hydroxyl groups is 1. The molecule has 0 aliphatic rings. The number of carbonyl (C=O) groups excluding carboxylic acids is 3. The molecule has 0 radical (unpaired) electrons. The fraction of sp³-hybridized carbons (Fsp3) is 0.0606. The Hall–Kier alpha value is -6.12. The van der Waals surface area contributed by atoms with Crippen molar-refractivity contribution in [1.29, 1.82) is 0 Å². The molecule has 5 aromatic rings. The molecule has 238 valence electrons. The van der Waals surface area contributed by atoms with Crippen molar-refractivity contribution in [2.45, 2.75) is 11.8 Å². The quantitative estimate of drug-likeness (QED) is 0.0858. The third-order valence-corrected chi connectivity index (χ3v) is 7.68. The van der Waals surface area contributed by atoms with Gasteiger partial charge in [0.2, 0.25) is 5.91 Å². The van der Waals surface area contributed by atoms with Gasteiger partial charge < -0.3 is 25.8 Å². The fourth-order valence-corrected chi connectivity index (χ4v) is 5.04. The minimum Gasteiger partial charge on any atom is -0.505 e. The predicted octanol–water partition coefficient (Wildman–Crippen LogP) is 6.68. The van der Waals surface area contributed by atoms with Gasteiger partial charge in [0.25, 0.3) is 21.9 Å². The summed E-state index contributed by atoms with van der Waals surface area (Å²) in [4.78, 5) is 37.2. The van der Waals surface area contributed by atoms with E-state index in [4.69, 9.17) is 9.29 Å². The van der Waals surface area contributed by atoms with E-state index in [0.717, 1.165) is 12.1 Å². The summed E-state index contributed by atoms with van der Waals surface area (Å²) in [6.07, 6.45) is 0. The van der Waals surface area contributed by atoms with Crippen LogP contribution < -0.4 is 20.7 Å². The highest BCUT2D eigenvalue weighted by atomic mass is 32.2. The summed E-state index contributed by atoms with van der Waals surface area (Å²) >= 11 is 0. The first kappa shape index (κ1) is 32.3. The number of amides is 3. The molecule has 14 heteroatoms. The Kier molecular flexibility index (Phi) is 9.26. The Balaban J connectivity index is 1.44. The highest BCUT2D eigenvalue weighted by Gasteiger charge is 2.19. The van der Waals surface area contributed by atoms with Crippen molar-refractivity contribution in [2.24, 2.45) is 10.2 Å². The lowest BCUT2D eigenvalue weighted by Gasteiger charge is -2.12. The number of hydrogen-bond donors (Lipinski definition) is 5. The topological polar surface area (TPSA) is 196 Å². The smallest absolute Gasteiger partial charge is 0.294 e. The van der Waals surface area contributed by atoms with Gasteiger partial charge in [-0.25, -0.2) is 0 Å². The maximum atomic E-state index is 13.3. The summed E-state index contributed by atoms with van der Waals surface area (Å²) in [5, 5.41) is 28.9. The van der Waals surface area contributed by atoms with E-state index >= 15 is 0 Å². The van der Waals surface area contributed by atoms with Gasteiger partial charge in [-0.2, -0.15) is 8.42 Å². The number of anilines is 3. The highest BCUT2D eigenvalue weighted by Crippen LogP contribution is 2.40. The summed E-state index contributed by atoms with van der Waals surface area (Å²) in [5.74, 6) is -1.56. The van der Waals surface area contributed by atoms with Crippen molar-refractivity contribution >= 4 is 67.0 Å². The second kappa shape index (κ2) is 13.5. The lowest BCUT2D eigenvalue weighted by atomic mass is 10.0. The van der Waals surface area contributed by atoms with Gasteiger partial charge in [-0.05, 0) is 78.2 Å². The number of ether oxygens (including phenoxy) is 1. The molecule has 0 fully saturated rings. The van der Waals surface area contributed by atoms with E-state index in [0.29, 0.717) is 22.1 Å². The number of carbonyl (C=O) groups is 3. The fourth-order valence-electron chi connectivity index (χ4n) is 4.56. The van der Waals surface area contributed by atoms with Crippen molar-refractivity contribution in [3.63, 3.8) is 0 Å². The van der Waals surface area contributed by atoms with Gasteiger partial charge in [-0.1, -0.05) is 24.3 Å². The summed E-state index contributed by atoms with van der Waals surface area (Å²) in [5.41, 5.74) is 1.49. The molecule has 0 unspecified atom stereocenters. The number of phenolic OH excluding ortho intramolecular Hbond substituents is 1. The second-order valence-corrected chi connectivity index (χ2v) is 11.5. The number of azo groups is 1.